The van der Waals surface area contributed by atoms with Crippen molar-refractivity contribution in [2.75, 3.05) is 32.1 Å². The molecule has 21 heavy (non-hydrogen) atoms. The van der Waals surface area contributed by atoms with Gasteiger partial charge in [0.15, 0.2) is 0 Å². The van der Waals surface area contributed by atoms with E-state index >= 15 is 0 Å². The van der Waals surface area contributed by atoms with Gasteiger partial charge in [0.2, 0.25) is 0 Å². The average Bonchev–Trinajstić information content (AvgIpc) is 2.37. The quantitative estimate of drug-likeness (QED) is 0.701. The van der Waals surface area contributed by atoms with Gasteiger partial charge in [0.05, 0.1) is 24.9 Å². The number of halogens is 1. The normalized spacial score (nSPS) is 24.8. The summed E-state index contributed by atoms with van der Waals surface area (Å²) in [5.41, 5.74) is -0.844. The second kappa shape index (κ2) is 7.79. The molecule has 0 aromatic rings. The van der Waals surface area contributed by atoms with Crippen LogP contribution in [0.5, 0.6) is 0 Å². The lowest BCUT2D eigenvalue weighted by Crippen LogP contribution is -2.55. The number of nitrogens with zero attached hydrogens (tertiary/aromatic N) is 1. The molecule has 0 aromatic carbocycles. The molecule has 1 fully saturated rings. The first-order valence-electron chi connectivity index (χ1n) is 7.42. The number of ether oxygens (including phenoxy) is 3. The van der Waals surface area contributed by atoms with Gasteiger partial charge in [0.1, 0.15) is 5.60 Å². The van der Waals surface area contributed by atoms with Crippen molar-refractivity contribution in [2.45, 2.75) is 57.8 Å². The summed E-state index contributed by atoms with van der Waals surface area (Å²) in [4.78, 5) is 14.0. The fraction of sp³-hybridized carbons (Fsp3) is 0.933. The maximum atomic E-state index is 12.2. The number of methoxy groups -OCH3 is 1. The van der Waals surface area contributed by atoms with Crippen LogP contribution in [0, 0.1) is 0 Å². The highest BCUT2D eigenvalue weighted by atomic mass is 79.9. The summed E-state index contributed by atoms with van der Waals surface area (Å²) in [7, 11) is 1.66. The van der Waals surface area contributed by atoms with E-state index in [0.29, 0.717) is 25.0 Å². The predicted octanol–water partition coefficient (Wildman–Crippen LogP) is 3.20. The minimum atomic E-state index is -0.476. The number of amides is 1. The third kappa shape index (κ3) is 6.12. The van der Waals surface area contributed by atoms with E-state index in [9.17, 15) is 4.79 Å². The number of likely N-dealkylation sites (tertiary alicyclic amines) is 1. The van der Waals surface area contributed by atoms with E-state index in [4.69, 9.17) is 14.2 Å². The van der Waals surface area contributed by atoms with Crippen LogP contribution in [-0.2, 0) is 14.2 Å². The molecule has 0 bridgehead atoms. The van der Waals surface area contributed by atoms with Gasteiger partial charge in [-0.15, -0.1) is 0 Å². The molecule has 124 valence electrons. The second-order valence-electron chi connectivity index (χ2n) is 6.71. The number of carbonyl (C=O) groups is 1. The summed E-state index contributed by atoms with van der Waals surface area (Å²) < 4.78 is 16.7. The number of carbonyl (C=O) groups excluding carboxylic acids is 1. The highest BCUT2D eigenvalue weighted by molar-refractivity contribution is 9.09. The van der Waals surface area contributed by atoms with Crippen molar-refractivity contribution in [2.24, 2.45) is 0 Å². The van der Waals surface area contributed by atoms with Crippen LogP contribution in [0.3, 0.4) is 0 Å². The molecule has 0 N–H and O–H groups in total. The van der Waals surface area contributed by atoms with E-state index < -0.39 is 5.60 Å². The van der Waals surface area contributed by atoms with Gasteiger partial charge in [-0.05, 0) is 40.5 Å². The Morgan fingerprint density at radius 1 is 1.43 bits per heavy atom. The number of piperidine rings is 1. The lowest BCUT2D eigenvalue weighted by Gasteiger charge is -2.43. The van der Waals surface area contributed by atoms with E-state index in [2.05, 4.69) is 15.9 Å². The Morgan fingerprint density at radius 2 is 2.10 bits per heavy atom. The molecule has 0 aromatic heterocycles. The lowest BCUT2D eigenvalue weighted by molar-refractivity contribution is -0.122. The zero-order valence-electron chi connectivity index (χ0n) is 13.8. The van der Waals surface area contributed by atoms with E-state index in [1.807, 2.05) is 27.7 Å². The smallest absolute Gasteiger partial charge is 0.410 e. The number of alkyl halides is 1. The van der Waals surface area contributed by atoms with E-state index in [1.54, 1.807) is 12.0 Å². The first-order chi connectivity index (χ1) is 9.71. The van der Waals surface area contributed by atoms with Crippen molar-refractivity contribution >= 4 is 22.0 Å². The summed E-state index contributed by atoms with van der Waals surface area (Å²) in [6, 6.07) is 0. The summed E-state index contributed by atoms with van der Waals surface area (Å²) in [6.07, 6.45) is 1.55. The number of rotatable bonds is 5. The lowest BCUT2D eigenvalue weighted by atomic mass is 9.94. The van der Waals surface area contributed by atoms with Crippen LogP contribution in [0.1, 0.15) is 40.5 Å². The van der Waals surface area contributed by atoms with Crippen molar-refractivity contribution in [3.05, 3.63) is 0 Å². The van der Waals surface area contributed by atoms with E-state index in [1.165, 1.54) is 0 Å². The fourth-order valence-corrected chi connectivity index (χ4v) is 3.10. The summed E-state index contributed by atoms with van der Waals surface area (Å²) in [5, 5.41) is 0.688. The standard InChI is InChI=1S/C15H28BrNO4/c1-12(9-19-5)20-15(10-16)7-6-8-17(11-15)13(18)21-14(2,3)4/h12H,6-11H2,1-5H3. The Balaban J connectivity index is 2.69. The molecular weight excluding hydrogens is 338 g/mol. The minimum Gasteiger partial charge on any atom is -0.444 e. The SMILES string of the molecule is COCC(C)OC1(CBr)CCCN(C(=O)OC(C)(C)C)C1. The Bertz CT molecular complexity index is 345. The van der Waals surface area contributed by atoms with Crippen LogP contribution in [0.2, 0.25) is 0 Å². The molecule has 2 unspecified atom stereocenters. The zero-order valence-corrected chi connectivity index (χ0v) is 15.4. The molecule has 5 nitrogen and oxygen atoms in total. The Labute approximate surface area is 136 Å². The highest BCUT2D eigenvalue weighted by Crippen LogP contribution is 2.29. The molecule has 1 heterocycles. The van der Waals surface area contributed by atoms with Gasteiger partial charge in [-0.25, -0.2) is 4.79 Å². The molecule has 1 aliphatic heterocycles. The van der Waals surface area contributed by atoms with Crippen LogP contribution in [-0.4, -0.2) is 60.4 Å². The van der Waals surface area contributed by atoms with E-state index in [-0.39, 0.29) is 17.8 Å². The molecular formula is C15H28BrNO4. The van der Waals surface area contributed by atoms with Crippen molar-refractivity contribution in [1.82, 2.24) is 4.90 Å². The summed E-state index contributed by atoms with van der Waals surface area (Å²) >= 11 is 3.54. The Hall–Kier alpha value is -0.330. The highest BCUT2D eigenvalue weighted by Gasteiger charge is 2.39. The third-order valence-electron chi connectivity index (χ3n) is 3.29. The van der Waals surface area contributed by atoms with Crippen molar-refractivity contribution < 1.29 is 19.0 Å². The minimum absolute atomic E-state index is 0.00821. The van der Waals surface area contributed by atoms with Gasteiger partial charge in [0.25, 0.3) is 0 Å². The van der Waals surface area contributed by atoms with Crippen molar-refractivity contribution in [3.8, 4) is 0 Å². The molecule has 6 heteroatoms. The fourth-order valence-electron chi connectivity index (χ4n) is 2.51. The number of hydrogen-bond donors (Lipinski definition) is 0. The molecule has 1 rings (SSSR count). The molecule has 0 spiro atoms. The predicted molar refractivity (Wildman–Crippen MR) is 86.0 cm³/mol. The van der Waals surface area contributed by atoms with Gasteiger partial charge in [-0.3, -0.25) is 0 Å². The van der Waals surface area contributed by atoms with Gasteiger partial charge in [-0.2, -0.15) is 0 Å². The topological polar surface area (TPSA) is 48.0 Å². The second-order valence-corrected chi connectivity index (χ2v) is 7.27. The molecule has 0 radical (unpaired) electrons. The van der Waals surface area contributed by atoms with Gasteiger partial charge < -0.3 is 19.1 Å². The third-order valence-corrected chi connectivity index (χ3v) is 4.31. The molecule has 1 aliphatic rings. The summed E-state index contributed by atoms with van der Waals surface area (Å²) in [5.74, 6) is 0. The average molecular weight is 366 g/mol. The molecule has 2 atom stereocenters. The summed E-state index contributed by atoms with van der Waals surface area (Å²) in [6.45, 7) is 9.42. The molecule has 0 saturated carbocycles. The van der Waals surface area contributed by atoms with Crippen LogP contribution < -0.4 is 0 Å². The van der Waals surface area contributed by atoms with Crippen molar-refractivity contribution in [1.29, 1.82) is 0 Å². The molecule has 1 amide bonds. The van der Waals surface area contributed by atoms with Crippen LogP contribution >= 0.6 is 15.9 Å². The van der Waals surface area contributed by atoms with Gasteiger partial charge in [-0.1, -0.05) is 15.9 Å². The van der Waals surface area contributed by atoms with Gasteiger partial charge >= 0.3 is 6.09 Å². The van der Waals surface area contributed by atoms with Gasteiger partial charge in [0, 0.05) is 19.0 Å². The van der Waals surface area contributed by atoms with Crippen LogP contribution in [0.25, 0.3) is 0 Å². The van der Waals surface area contributed by atoms with E-state index in [0.717, 1.165) is 12.8 Å². The first-order valence-corrected chi connectivity index (χ1v) is 8.54. The number of hydrogen-bond acceptors (Lipinski definition) is 4. The monoisotopic (exact) mass is 365 g/mol. The molecule has 1 saturated heterocycles. The molecule has 0 aliphatic carbocycles. The first kappa shape index (κ1) is 18.7. The maximum Gasteiger partial charge on any atom is 0.410 e. The largest absolute Gasteiger partial charge is 0.444 e. The van der Waals surface area contributed by atoms with Crippen LogP contribution in [0.4, 0.5) is 4.79 Å². The maximum absolute atomic E-state index is 12.2. The zero-order chi connectivity index (χ0) is 16.1. The Kier molecular flexibility index (Phi) is 6.94. The van der Waals surface area contributed by atoms with Crippen molar-refractivity contribution in [3.63, 3.8) is 0 Å². The van der Waals surface area contributed by atoms with Crippen LogP contribution in [0.15, 0.2) is 0 Å². The Morgan fingerprint density at radius 3 is 2.62 bits per heavy atom.